The van der Waals surface area contributed by atoms with Crippen LogP contribution in [-0.2, 0) is 15.2 Å². The SMILES string of the molecule is C[C@](O)(CNC(=O)C(=O)Nc1ccc(OC(F)(F)F)cc1)c1cc2ccccc2o1. The Kier molecular flexibility index (Phi) is 5.70. The van der Waals surface area contributed by atoms with E-state index in [1.54, 1.807) is 24.3 Å². The number of nitrogens with one attached hydrogen (secondary N) is 2. The molecule has 0 fully saturated rings. The number of ether oxygens (including phenoxy) is 1. The van der Waals surface area contributed by atoms with Crippen molar-refractivity contribution >= 4 is 28.5 Å². The summed E-state index contributed by atoms with van der Waals surface area (Å²) in [6, 6.07) is 13.0. The Bertz CT molecular complexity index is 1030. The fourth-order valence-corrected chi connectivity index (χ4v) is 2.59. The fraction of sp³-hybridized carbons (Fsp3) is 0.200. The van der Waals surface area contributed by atoms with Gasteiger partial charge in [0.2, 0.25) is 0 Å². The van der Waals surface area contributed by atoms with Crippen LogP contribution in [-0.4, -0.2) is 29.8 Å². The van der Waals surface area contributed by atoms with Crippen LogP contribution >= 0.6 is 0 Å². The highest BCUT2D eigenvalue weighted by Crippen LogP contribution is 2.27. The maximum atomic E-state index is 12.2. The van der Waals surface area contributed by atoms with E-state index in [4.69, 9.17) is 4.42 Å². The molecule has 0 saturated heterocycles. The molecule has 0 radical (unpaired) electrons. The van der Waals surface area contributed by atoms with Gasteiger partial charge in [-0.15, -0.1) is 13.2 Å². The van der Waals surface area contributed by atoms with Gasteiger partial charge in [0.05, 0.1) is 6.54 Å². The largest absolute Gasteiger partial charge is 0.573 e. The van der Waals surface area contributed by atoms with E-state index in [9.17, 15) is 27.9 Å². The monoisotopic (exact) mass is 422 g/mol. The van der Waals surface area contributed by atoms with Gasteiger partial charge < -0.3 is 24.9 Å². The number of hydrogen-bond donors (Lipinski definition) is 3. The van der Waals surface area contributed by atoms with Gasteiger partial charge >= 0.3 is 18.2 Å². The van der Waals surface area contributed by atoms with Crippen molar-refractivity contribution in [1.29, 1.82) is 0 Å². The molecule has 0 aliphatic heterocycles. The summed E-state index contributed by atoms with van der Waals surface area (Å²) in [5.74, 6) is -2.35. The minimum absolute atomic E-state index is 0.0914. The van der Waals surface area contributed by atoms with Crippen LogP contribution in [0.2, 0.25) is 0 Å². The van der Waals surface area contributed by atoms with Gasteiger partial charge in [0, 0.05) is 11.1 Å². The second-order valence-corrected chi connectivity index (χ2v) is 6.63. The van der Waals surface area contributed by atoms with E-state index < -0.39 is 29.5 Å². The third-order valence-electron chi connectivity index (χ3n) is 4.10. The summed E-state index contributed by atoms with van der Waals surface area (Å²) >= 11 is 0. The van der Waals surface area contributed by atoms with Gasteiger partial charge in [-0.25, -0.2) is 0 Å². The zero-order valence-electron chi connectivity index (χ0n) is 15.6. The predicted octanol–water partition coefficient (Wildman–Crippen LogP) is 3.29. The van der Waals surface area contributed by atoms with Crippen LogP contribution in [0.1, 0.15) is 12.7 Å². The highest BCUT2D eigenvalue weighted by molar-refractivity contribution is 6.39. The topological polar surface area (TPSA) is 101 Å². The van der Waals surface area contributed by atoms with Gasteiger partial charge in [-0.05, 0) is 43.3 Å². The number of rotatable bonds is 5. The number of amides is 2. The molecule has 158 valence electrons. The molecular formula is C20H17F3N2O5. The average Bonchev–Trinajstić information content (AvgIpc) is 3.12. The number of anilines is 1. The summed E-state index contributed by atoms with van der Waals surface area (Å²) in [5.41, 5.74) is -0.922. The summed E-state index contributed by atoms with van der Waals surface area (Å²) < 4.78 is 45.7. The lowest BCUT2D eigenvalue weighted by Crippen LogP contribution is -2.43. The maximum absolute atomic E-state index is 12.2. The molecule has 2 aromatic carbocycles. The number of alkyl halides is 3. The van der Waals surface area contributed by atoms with E-state index in [-0.39, 0.29) is 18.0 Å². The molecule has 10 heteroatoms. The first-order valence-electron chi connectivity index (χ1n) is 8.70. The molecule has 0 aliphatic carbocycles. The highest BCUT2D eigenvalue weighted by Gasteiger charge is 2.31. The number of carbonyl (C=O) groups is 2. The fourth-order valence-electron chi connectivity index (χ4n) is 2.59. The van der Waals surface area contributed by atoms with Crippen molar-refractivity contribution in [1.82, 2.24) is 5.32 Å². The number of hydrogen-bond acceptors (Lipinski definition) is 5. The number of halogens is 3. The molecule has 1 aromatic heterocycles. The Morgan fingerprint density at radius 3 is 2.37 bits per heavy atom. The summed E-state index contributed by atoms with van der Waals surface area (Å²) in [5, 5.41) is 15.9. The second kappa shape index (κ2) is 8.07. The molecule has 0 spiro atoms. The van der Waals surface area contributed by atoms with Crippen molar-refractivity contribution in [3.63, 3.8) is 0 Å². The molecule has 3 rings (SSSR count). The molecule has 0 aliphatic rings. The minimum atomic E-state index is -4.83. The number of para-hydroxylation sites is 1. The van der Waals surface area contributed by atoms with Crippen molar-refractivity contribution in [2.75, 3.05) is 11.9 Å². The van der Waals surface area contributed by atoms with E-state index in [1.165, 1.54) is 6.92 Å². The lowest BCUT2D eigenvalue weighted by atomic mass is 10.0. The number of benzene rings is 2. The molecule has 0 saturated carbocycles. The van der Waals surface area contributed by atoms with E-state index in [0.29, 0.717) is 5.58 Å². The molecule has 0 bridgehead atoms. The second-order valence-electron chi connectivity index (χ2n) is 6.63. The molecular weight excluding hydrogens is 405 g/mol. The van der Waals surface area contributed by atoms with Crippen LogP contribution < -0.4 is 15.4 Å². The van der Waals surface area contributed by atoms with Crippen LogP contribution in [0.25, 0.3) is 11.0 Å². The maximum Gasteiger partial charge on any atom is 0.573 e. The standard InChI is InChI=1S/C20H17F3N2O5/c1-19(28,16-10-12-4-2-3-5-15(12)29-16)11-24-17(26)18(27)25-13-6-8-14(9-7-13)30-20(21,22)23/h2-10,28H,11H2,1H3,(H,24,26)(H,25,27)/t19-/m0/s1. The van der Waals surface area contributed by atoms with Crippen LogP contribution in [0.3, 0.4) is 0 Å². The highest BCUT2D eigenvalue weighted by atomic mass is 19.4. The van der Waals surface area contributed by atoms with Crippen LogP contribution in [0.5, 0.6) is 5.75 Å². The van der Waals surface area contributed by atoms with Crippen molar-refractivity contribution in [3.8, 4) is 5.75 Å². The molecule has 2 amide bonds. The van der Waals surface area contributed by atoms with E-state index in [2.05, 4.69) is 15.4 Å². The molecule has 30 heavy (non-hydrogen) atoms. The predicted molar refractivity (Wildman–Crippen MR) is 101 cm³/mol. The molecule has 0 unspecified atom stereocenters. The quantitative estimate of drug-likeness (QED) is 0.548. The Balaban J connectivity index is 1.56. The van der Waals surface area contributed by atoms with E-state index in [1.807, 2.05) is 6.07 Å². The smallest absolute Gasteiger partial charge is 0.458 e. The van der Waals surface area contributed by atoms with Crippen LogP contribution in [0.15, 0.2) is 59.0 Å². The van der Waals surface area contributed by atoms with Crippen LogP contribution in [0.4, 0.5) is 18.9 Å². The minimum Gasteiger partial charge on any atom is -0.458 e. The summed E-state index contributed by atoms with van der Waals surface area (Å²) in [6.45, 7) is 1.11. The first-order chi connectivity index (χ1) is 14.0. The lowest BCUT2D eigenvalue weighted by Gasteiger charge is -2.20. The van der Waals surface area contributed by atoms with Gasteiger partial charge in [0.1, 0.15) is 22.7 Å². The summed E-state index contributed by atoms with van der Waals surface area (Å²) in [6.07, 6.45) is -4.83. The summed E-state index contributed by atoms with van der Waals surface area (Å²) in [7, 11) is 0. The Morgan fingerprint density at radius 1 is 1.07 bits per heavy atom. The van der Waals surface area contributed by atoms with E-state index in [0.717, 1.165) is 29.7 Å². The Labute approximate surface area is 168 Å². The first-order valence-corrected chi connectivity index (χ1v) is 8.70. The average molecular weight is 422 g/mol. The molecule has 3 N–H and O–H groups in total. The molecule has 7 nitrogen and oxygen atoms in total. The number of fused-ring (bicyclic) bond motifs is 1. The third-order valence-corrected chi connectivity index (χ3v) is 4.10. The Hall–Kier alpha value is -3.53. The third kappa shape index (κ3) is 5.29. The number of furan rings is 1. The van der Waals surface area contributed by atoms with Gasteiger partial charge in [0.15, 0.2) is 0 Å². The van der Waals surface area contributed by atoms with Gasteiger partial charge in [-0.2, -0.15) is 0 Å². The zero-order chi connectivity index (χ0) is 21.9. The van der Waals surface area contributed by atoms with E-state index >= 15 is 0 Å². The lowest BCUT2D eigenvalue weighted by molar-refractivity contribution is -0.274. The zero-order valence-corrected chi connectivity index (χ0v) is 15.6. The van der Waals surface area contributed by atoms with Crippen molar-refractivity contribution in [2.24, 2.45) is 0 Å². The molecule has 1 heterocycles. The van der Waals surface area contributed by atoms with Crippen molar-refractivity contribution < 1.29 is 37.0 Å². The van der Waals surface area contributed by atoms with Crippen LogP contribution in [0, 0.1) is 0 Å². The van der Waals surface area contributed by atoms with Crippen molar-refractivity contribution in [3.05, 3.63) is 60.4 Å². The number of aliphatic hydroxyl groups is 1. The van der Waals surface area contributed by atoms with Gasteiger partial charge in [0.25, 0.3) is 0 Å². The van der Waals surface area contributed by atoms with Gasteiger partial charge in [-0.3, -0.25) is 9.59 Å². The first kappa shape index (κ1) is 21.2. The van der Waals surface area contributed by atoms with Gasteiger partial charge in [-0.1, -0.05) is 18.2 Å². The summed E-state index contributed by atoms with van der Waals surface area (Å²) in [4.78, 5) is 24.0. The molecule has 1 atom stereocenters. The molecule has 3 aromatic rings. The number of carbonyl (C=O) groups excluding carboxylic acids is 2. The normalized spacial score (nSPS) is 13.5. The Morgan fingerprint density at radius 2 is 1.73 bits per heavy atom. The van der Waals surface area contributed by atoms with Crippen molar-refractivity contribution in [2.45, 2.75) is 18.9 Å².